The normalized spacial score (nSPS) is 26.5. The highest BCUT2D eigenvalue weighted by atomic mass is 16.5. The molecule has 0 radical (unpaired) electrons. The van der Waals surface area contributed by atoms with Gasteiger partial charge in [-0.25, -0.2) is 0 Å². The highest BCUT2D eigenvalue weighted by Crippen LogP contribution is 2.40. The van der Waals surface area contributed by atoms with Crippen molar-refractivity contribution in [2.45, 2.75) is 25.4 Å². The van der Waals surface area contributed by atoms with Crippen molar-refractivity contribution in [1.29, 1.82) is 0 Å². The Balaban J connectivity index is 1.48. The van der Waals surface area contributed by atoms with Gasteiger partial charge in [0, 0.05) is 25.9 Å². The summed E-state index contributed by atoms with van der Waals surface area (Å²) < 4.78 is 5.48. The molecule has 0 spiro atoms. The SMILES string of the molecule is CN(C(=O)C1CC1C(=O)NCC1CCCO1)c1ccccc1. The number of rotatable bonds is 5. The molecule has 1 N–H and O–H groups in total. The molecule has 3 unspecified atom stereocenters. The van der Waals surface area contributed by atoms with Gasteiger partial charge in [-0.3, -0.25) is 9.59 Å². The molecule has 1 aromatic rings. The Morgan fingerprint density at radius 3 is 2.73 bits per heavy atom. The summed E-state index contributed by atoms with van der Waals surface area (Å²) in [6.45, 7) is 1.34. The number of carbonyl (C=O) groups is 2. The minimum absolute atomic E-state index is 0.0171. The van der Waals surface area contributed by atoms with Crippen LogP contribution >= 0.6 is 0 Å². The van der Waals surface area contributed by atoms with Gasteiger partial charge in [-0.05, 0) is 31.4 Å². The van der Waals surface area contributed by atoms with Crippen molar-refractivity contribution in [1.82, 2.24) is 5.32 Å². The summed E-state index contributed by atoms with van der Waals surface area (Å²) in [6.07, 6.45) is 2.86. The lowest BCUT2D eigenvalue weighted by molar-refractivity contribution is -0.126. The van der Waals surface area contributed by atoms with Gasteiger partial charge in [0.1, 0.15) is 0 Å². The molecule has 22 heavy (non-hydrogen) atoms. The first-order valence-corrected chi connectivity index (χ1v) is 7.88. The smallest absolute Gasteiger partial charge is 0.230 e. The maximum absolute atomic E-state index is 12.4. The molecular formula is C17H22N2O3. The van der Waals surface area contributed by atoms with E-state index in [0.717, 1.165) is 25.1 Å². The van der Waals surface area contributed by atoms with Gasteiger partial charge in [0.05, 0.1) is 17.9 Å². The number of nitrogens with one attached hydrogen (secondary N) is 1. The summed E-state index contributed by atoms with van der Waals surface area (Å²) in [4.78, 5) is 26.1. The summed E-state index contributed by atoms with van der Waals surface area (Å²) >= 11 is 0. The zero-order valence-corrected chi connectivity index (χ0v) is 12.8. The number of para-hydroxylation sites is 1. The Hall–Kier alpha value is -1.88. The molecule has 3 rings (SSSR count). The van der Waals surface area contributed by atoms with Gasteiger partial charge in [-0.2, -0.15) is 0 Å². The second-order valence-corrected chi connectivity index (χ2v) is 6.06. The molecule has 3 atom stereocenters. The highest BCUT2D eigenvalue weighted by molar-refractivity contribution is 6.00. The Bertz CT molecular complexity index is 540. The topological polar surface area (TPSA) is 58.6 Å². The maximum Gasteiger partial charge on any atom is 0.230 e. The van der Waals surface area contributed by atoms with Crippen LogP contribution in [0, 0.1) is 11.8 Å². The van der Waals surface area contributed by atoms with Gasteiger partial charge in [0.15, 0.2) is 0 Å². The third-order valence-electron chi connectivity index (χ3n) is 4.45. The van der Waals surface area contributed by atoms with E-state index < -0.39 is 0 Å². The van der Waals surface area contributed by atoms with Crippen LogP contribution in [0.3, 0.4) is 0 Å². The molecule has 2 fully saturated rings. The molecule has 2 amide bonds. The Labute approximate surface area is 130 Å². The van der Waals surface area contributed by atoms with Crippen molar-refractivity contribution in [2.75, 3.05) is 25.1 Å². The first-order chi connectivity index (χ1) is 10.7. The third-order valence-corrected chi connectivity index (χ3v) is 4.45. The van der Waals surface area contributed by atoms with Gasteiger partial charge >= 0.3 is 0 Å². The molecular weight excluding hydrogens is 280 g/mol. The second kappa shape index (κ2) is 6.48. The number of ether oxygens (including phenoxy) is 1. The van der Waals surface area contributed by atoms with Crippen molar-refractivity contribution >= 4 is 17.5 Å². The molecule has 1 saturated carbocycles. The van der Waals surface area contributed by atoms with Crippen molar-refractivity contribution in [3.63, 3.8) is 0 Å². The Morgan fingerprint density at radius 2 is 2.05 bits per heavy atom. The van der Waals surface area contributed by atoms with E-state index in [1.54, 1.807) is 11.9 Å². The van der Waals surface area contributed by atoms with Crippen LogP contribution in [0.25, 0.3) is 0 Å². The minimum Gasteiger partial charge on any atom is -0.376 e. The number of anilines is 1. The first-order valence-electron chi connectivity index (χ1n) is 7.88. The zero-order valence-electron chi connectivity index (χ0n) is 12.8. The lowest BCUT2D eigenvalue weighted by Gasteiger charge is -2.17. The predicted octanol–water partition coefficient (Wildman–Crippen LogP) is 1.58. The van der Waals surface area contributed by atoms with Crippen LogP contribution in [0.1, 0.15) is 19.3 Å². The minimum atomic E-state index is -0.185. The van der Waals surface area contributed by atoms with Crippen molar-refractivity contribution in [2.24, 2.45) is 11.8 Å². The van der Waals surface area contributed by atoms with Crippen LogP contribution in [-0.2, 0) is 14.3 Å². The standard InChI is InChI=1S/C17H22N2O3/c1-19(12-6-3-2-4-7-12)17(21)15-10-14(15)16(20)18-11-13-8-5-9-22-13/h2-4,6-7,13-15H,5,8-11H2,1H3,(H,18,20). The molecule has 1 heterocycles. The van der Waals surface area contributed by atoms with E-state index >= 15 is 0 Å². The molecule has 1 aliphatic carbocycles. The molecule has 5 nitrogen and oxygen atoms in total. The van der Waals surface area contributed by atoms with E-state index in [2.05, 4.69) is 5.32 Å². The number of amides is 2. The van der Waals surface area contributed by atoms with Crippen LogP contribution in [0.4, 0.5) is 5.69 Å². The molecule has 118 valence electrons. The van der Waals surface area contributed by atoms with E-state index in [1.165, 1.54) is 0 Å². The molecule has 1 aliphatic heterocycles. The summed E-state index contributed by atoms with van der Waals surface area (Å²) in [7, 11) is 1.76. The van der Waals surface area contributed by atoms with Gasteiger partial charge in [0.25, 0.3) is 0 Å². The fourth-order valence-electron chi connectivity index (χ4n) is 2.94. The summed E-state index contributed by atoms with van der Waals surface area (Å²) in [5.74, 6) is -0.367. The summed E-state index contributed by atoms with van der Waals surface area (Å²) in [6, 6.07) is 9.51. The van der Waals surface area contributed by atoms with Crippen LogP contribution in [0.15, 0.2) is 30.3 Å². The monoisotopic (exact) mass is 302 g/mol. The Morgan fingerprint density at radius 1 is 1.27 bits per heavy atom. The first kappa shape index (κ1) is 15.0. The van der Waals surface area contributed by atoms with Gasteiger partial charge < -0.3 is 15.0 Å². The average Bonchev–Trinajstić information content (AvgIpc) is 3.19. The molecule has 1 saturated heterocycles. The number of carbonyl (C=O) groups excluding carboxylic acids is 2. The van der Waals surface area contributed by atoms with Crippen molar-refractivity contribution in [3.8, 4) is 0 Å². The van der Waals surface area contributed by atoms with Gasteiger partial charge in [-0.1, -0.05) is 18.2 Å². The van der Waals surface area contributed by atoms with Gasteiger partial charge in [0.2, 0.25) is 11.8 Å². The lowest BCUT2D eigenvalue weighted by atomic mass is 10.2. The van der Waals surface area contributed by atoms with Crippen molar-refractivity contribution in [3.05, 3.63) is 30.3 Å². The van der Waals surface area contributed by atoms with Crippen LogP contribution in [0.5, 0.6) is 0 Å². The summed E-state index contributed by atoms with van der Waals surface area (Å²) in [5.41, 5.74) is 0.859. The number of nitrogens with zero attached hydrogens (tertiary/aromatic N) is 1. The van der Waals surface area contributed by atoms with E-state index in [1.807, 2.05) is 30.3 Å². The van der Waals surface area contributed by atoms with Crippen LogP contribution in [-0.4, -0.2) is 38.1 Å². The number of hydrogen-bond donors (Lipinski definition) is 1. The van der Waals surface area contributed by atoms with E-state index in [0.29, 0.717) is 13.0 Å². The van der Waals surface area contributed by atoms with Gasteiger partial charge in [-0.15, -0.1) is 0 Å². The van der Waals surface area contributed by atoms with E-state index in [9.17, 15) is 9.59 Å². The fraction of sp³-hybridized carbons (Fsp3) is 0.529. The molecule has 2 aliphatic rings. The molecule has 5 heteroatoms. The summed E-state index contributed by atoms with van der Waals surface area (Å²) in [5, 5.41) is 2.92. The van der Waals surface area contributed by atoms with E-state index in [4.69, 9.17) is 4.74 Å². The molecule has 0 aromatic heterocycles. The number of hydrogen-bond acceptors (Lipinski definition) is 3. The quantitative estimate of drug-likeness (QED) is 0.898. The second-order valence-electron chi connectivity index (χ2n) is 6.06. The highest BCUT2D eigenvalue weighted by Gasteiger charge is 2.49. The maximum atomic E-state index is 12.4. The molecule has 1 aromatic carbocycles. The van der Waals surface area contributed by atoms with E-state index in [-0.39, 0.29) is 29.8 Å². The molecule has 0 bridgehead atoms. The lowest BCUT2D eigenvalue weighted by Crippen LogP contribution is -2.35. The Kier molecular flexibility index (Phi) is 4.43. The zero-order chi connectivity index (χ0) is 15.5. The largest absolute Gasteiger partial charge is 0.376 e. The fourth-order valence-corrected chi connectivity index (χ4v) is 2.94. The third kappa shape index (κ3) is 3.30. The number of benzene rings is 1. The average molecular weight is 302 g/mol. The van der Waals surface area contributed by atoms with Crippen LogP contribution < -0.4 is 10.2 Å². The van der Waals surface area contributed by atoms with Crippen molar-refractivity contribution < 1.29 is 14.3 Å². The van der Waals surface area contributed by atoms with Crippen LogP contribution in [0.2, 0.25) is 0 Å². The predicted molar refractivity (Wildman–Crippen MR) is 83.4 cm³/mol.